The van der Waals surface area contributed by atoms with Gasteiger partial charge in [0.25, 0.3) is 0 Å². The third-order valence-electron chi connectivity index (χ3n) is 3.16. The molecule has 1 aromatic rings. The number of hydrogen-bond acceptors (Lipinski definition) is 3. The summed E-state index contributed by atoms with van der Waals surface area (Å²) in [4.78, 5) is 4.71. The lowest BCUT2D eigenvalue weighted by molar-refractivity contribution is 0.179. The molecular formula is C13H18Cl2N2S2. The molecular weight excluding hydrogens is 319 g/mol. The van der Waals surface area contributed by atoms with E-state index in [2.05, 4.69) is 15.9 Å². The van der Waals surface area contributed by atoms with Crippen LogP contribution in [0, 0.1) is 0 Å². The molecule has 1 aliphatic rings. The minimum Gasteiger partial charge on any atom is -0.355 e. The number of benzene rings is 1. The Hall–Kier alpha value is -0.000000000000000111. The van der Waals surface area contributed by atoms with Crippen molar-refractivity contribution in [3.05, 3.63) is 34.9 Å². The highest BCUT2D eigenvalue weighted by atomic mass is 35.5. The van der Waals surface area contributed by atoms with Gasteiger partial charge in [0.2, 0.25) is 0 Å². The molecule has 0 aliphatic carbocycles. The first kappa shape index (κ1) is 17.1. The third kappa shape index (κ3) is 4.80. The van der Waals surface area contributed by atoms with Gasteiger partial charge in [-0.1, -0.05) is 42.0 Å². The molecule has 106 valence electrons. The van der Waals surface area contributed by atoms with Crippen LogP contribution < -0.4 is 0 Å². The molecule has 0 unspecified atom stereocenters. The third-order valence-corrected chi connectivity index (χ3v) is 4.89. The fourth-order valence-electron chi connectivity index (χ4n) is 2.09. The van der Waals surface area contributed by atoms with Gasteiger partial charge in [-0.25, -0.2) is 0 Å². The molecule has 0 bridgehead atoms. The quantitative estimate of drug-likeness (QED) is 0.762. The molecule has 0 amide bonds. The van der Waals surface area contributed by atoms with E-state index in [9.17, 15) is 0 Å². The Kier molecular flexibility index (Phi) is 7.47. The molecule has 0 N–H and O–H groups in total. The molecule has 19 heavy (non-hydrogen) atoms. The summed E-state index contributed by atoms with van der Waals surface area (Å²) in [6.45, 7) is 5.06. The second-order valence-corrected chi connectivity index (χ2v) is 6.17. The zero-order valence-corrected chi connectivity index (χ0v) is 14.0. The summed E-state index contributed by atoms with van der Waals surface area (Å²) in [6.07, 6.45) is 2.04. The summed E-state index contributed by atoms with van der Waals surface area (Å²) < 4.78 is 1.01. The van der Waals surface area contributed by atoms with Crippen molar-refractivity contribution in [2.75, 3.05) is 32.4 Å². The van der Waals surface area contributed by atoms with Crippen molar-refractivity contribution in [1.29, 1.82) is 0 Å². The predicted octanol–water partition coefficient (Wildman–Crippen LogP) is 3.53. The standard InChI is InChI=1S/C13H17ClN2S2.ClH/c1-18-13(17)16-8-6-15(7-9-16)10-11-4-2-3-5-12(11)14;/h2-5H,6-10H2,1H3;1H. The van der Waals surface area contributed by atoms with Gasteiger partial charge < -0.3 is 4.90 Å². The first-order valence-corrected chi connectivity index (χ1v) is 8.00. The van der Waals surface area contributed by atoms with Crippen LogP contribution in [0.4, 0.5) is 0 Å². The number of hydrogen-bond donors (Lipinski definition) is 0. The Balaban J connectivity index is 0.00000180. The van der Waals surface area contributed by atoms with Crippen molar-refractivity contribution in [1.82, 2.24) is 9.80 Å². The Morgan fingerprint density at radius 3 is 2.47 bits per heavy atom. The van der Waals surface area contributed by atoms with Crippen LogP contribution in [0.1, 0.15) is 5.56 Å². The molecule has 0 saturated carbocycles. The zero-order valence-electron chi connectivity index (χ0n) is 10.8. The smallest absolute Gasteiger partial charge is 0.136 e. The van der Waals surface area contributed by atoms with E-state index in [1.807, 2.05) is 24.5 Å². The van der Waals surface area contributed by atoms with Crippen LogP contribution in [-0.4, -0.2) is 46.6 Å². The monoisotopic (exact) mass is 336 g/mol. The van der Waals surface area contributed by atoms with Crippen LogP contribution in [0.2, 0.25) is 5.02 Å². The van der Waals surface area contributed by atoms with Gasteiger partial charge in [0.05, 0.1) is 0 Å². The molecule has 1 heterocycles. The van der Waals surface area contributed by atoms with E-state index < -0.39 is 0 Å². The highest BCUT2D eigenvalue weighted by Crippen LogP contribution is 2.18. The van der Waals surface area contributed by atoms with Crippen molar-refractivity contribution in [2.24, 2.45) is 0 Å². The lowest BCUT2D eigenvalue weighted by Gasteiger charge is -2.35. The van der Waals surface area contributed by atoms with Gasteiger partial charge in [0.1, 0.15) is 4.32 Å². The van der Waals surface area contributed by atoms with E-state index >= 15 is 0 Å². The molecule has 0 spiro atoms. The topological polar surface area (TPSA) is 6.48 Å². The number of piperazine rings is 1. The normalized spacial score (nSPS) is 16.0. The summed E-state index contributed by atoms with van der Waals surface area (Å²) in [7, 11) is 0. The summed E-state index contributed by atoms with van der Waals surface area (Å²) in [5.74, 6) is 0. The van der Waals surface area contributed by atoms with Crippen LogP contribution >= 0.6 is 48.0 Å². The maximum Gasteiger partial charge on any atom is 0.136 e. The van der Waals surface area contributed by atoms with E-state index in [1.54, 1.807) is 11.8 Å². The van der Waals surface area contributed by atoms with Crippen molar-refractivity contribution in [3.8, 4) is 0 Å². The van der Waals surface area contributed by atoms with Crippen molar-refractivity contribution >= 4 is 52.3 Å². The fourth-order valence-corrected chi connectivity index (χ4v) is 2.90. The van der Waals surface area contributed by atoms with Crippen LogP contribution in [-0.2, 0) is 6.54 Å². The van der Waals surface area contributed by atoms with Gasteiger partial charge in [-0.3, -0.25) is 4.90 Å². The number of nitrogens with zero attached hydrogens (tertiary/aromatic N) is 2. The van der Waals surface area contributed by atoms with Crippen LogP contribution in [0.25, 0.3) is 0 Å². The maximum absolute atomic E-state index is 6.18. The first-order valence-electron chi connectivity index (χ1n) is 5.99. The molecule has 0 atom stereocenters. The Labute approximate surface area is 135 Å². The van der Waals surface area contributed by atoms with E-state index in [0.717, 1.165) is 42.1 Å². The predicted molar refractivity (Wildman–Crippen MR) is 91.7 cm³/mol. The molecule has 0 aromatic heterocycles. The Morgan fingerprint density at radius 2 is 1.89 bits per heavy atom. The number of halogens is 2. The lowest BCUT2D eigenvalue weighted by atomic mass is 10.2. The van der Waals surface area contributed by atoms with Gasteiger partial charge >= 0.3 is 0 Å². The van der Waals surface area contributed by atoms with E-state index in [-0.39, 0.29) is 12.4 Å². The van der Waals surface area contributed by atoms with Gasteiger partial charge in [-0.15, -0.1) is 24.2 Å². The molecule has 1 aromatic carbocycles. The van der Waals surface area contributed by atoms with E-state index in [0.29, 0.717) is 0 Å². The summed E-state index contributed by atoms with van der Waals surface area (Å²) in [6, 6.07) is 8.07. The number of rotatable bonds is 2. The average molecular weight is 337 g/mol. The van der Waals surface area contributed by atoms with Crippen LogP contribution in [0.15, 0.2) is 24.3 Å². The van der Waals surface area contributed by atoms with Crippen molar-refractivity contribution in [2.45, 2.75) is 6.54 Å². The zero-order chi connectivity index (χ0) is 13.0. The summed E-state index contributed by atoms with van der Waals surface area (Å²) in [5, 5.41) is 0.861. The van der Waals surface area contributed by atoms with E-state index in [4.69, 9.17) is 23.8 Å². The molecule has 2 rings (SSSR count). The number of thioether (sulfide) groups is 1. The summed E-state index contributed by atoms with van der Waals surface area (Å²) in [5.41, 5.74) is 1.21. The fraction of sp³-hybridized carbons (Fsp3) is 0.462. The van der Waals surface area contributed by atoms with Crippen LogP contribution in [0.5, 0.6) is 0 Å². The van der Waals surface area contributed by atoms with Gasteiger partial charge in [-0.2, -0.15) is 0 Å². The van der Waals surface area contributed by atoms with Gasteiger partial charge in [-0.05, 0) is 17.9 Å². The highest BCUT2D eigenvalue weighted by Gasteiger charge is 2.18. The second kappa shape index (κ2) is 8.32. The lowest BCUT2D eigenvalue weighted by Crippen LogP contribution is -2.47. The molecule has 6 heteroatoms. The highest BCUT2D eigenvalue weighted by molar-refractivity contribution is 8.22. The molecule has 0 radical (unpaired) electrons. The molecule has 1 saturated heterocycles. The molecule has 1 aliphatic heterocycles. The van der Waals surface area contributed by atoms with E-state index in [1.165, 1.54) is 5.56 Å². The maximum atomic E-state index is 6.18. The summed E-state index contributed by atoms with van der Waals surface area (Å²) >= 11 is 13.2. The first-order chi connectivity index (χ1) is 8.70. The van der Waals surface area contributed by atoms with Gasteiger partial charge in [0, 0.05) is 37.7 Å². The van der Waals surface area contributed by atoms with Crippen molar-refractivity contribution < 1.29 is 0 Å². The minimum absolute atomic E-state index is 0. The Morgan fingerprint density at radius 1 is 1.26 bits per heavy atom. The number of thiocarbonyl (C=S) groups is 1. The SMILES string of the molecule is CSC(=S)N1CCN(Cc2ccccc2Cl)CC1.Cl. The second-order valence-electron chi connectivity index (χ2n) is 4.32. The molecule has 2 nitrogen and oxygen atoms in total. The van der Waals surface area contributed by atoms with Crippen LogP contribution in [0.3, 0.4) is 0 Å². The Bertz CT molecular complexity index is 421. The van der Waals surface area contributed by atoms with Crippen molar-refractivity contribution in [3.63, 3.8) is 0 Å². The molecule has 1 fully saturated rings. The average Bonchev–Trinajstić information content (AvgIpc) is 2.41. The van der Waals surface area contributed by atoms with Gasteiger partial charge in [0.15, 0.2) is 0 Å². The largest absolute Gasteiger partial charge is 0.355 e. The minimum atomic E-state index is 0.